The van der Waals surface area contributed by atoms with Crippen LogP contribution >= 0.6 is 0 Å². The third-order valence-electron chi connectivity index (χ3n) is 3.92. The average Bonchev–Trinajstić information content (AvgIpc) is 2.95. The second-order valence-electron chi connectivity index (χ2n) is 5.90. The van der Waals surface area contributed by atoms with Crippen molar-refractivity contribution in [2.75, 3.05) is 12.4 Å². The van der Waals surface area contributed by atoms with Crippen molar-refractivity contribution in [2.45, 2.75) is 18.2 Å². The van der Waals surface area contributed by atoms with Gasteiger partial charge in [-0.1, -0.05) is 12.1 Å². The maximum atomic E-state index is 12.3. The molecule has 8 heteroatoms. The molecule has 3 rings (SSSR count). The highest BCUT2D eigenvalue weighted by atomic mass is 32.2. The summed E-state index contributed by atoms with van der Waals surface area (Å²) >= 11 is 0. The second kappa shape index (κ2) is 6.81. The Balaban J connectivity index is 1.81. The molecule has 0 saturated heterocycles. The first-order chi connectivity index (χ1) is 12.3. The third kappa shape index (κ3) is 3.71. The van der Waals surface area contributed by atoms with Crippen molar-refractivity contribution in [1.82, 2.24) is 0 Å². The van der Waals surface area contributed by atoms with Gasteiger partial charge in [0, 0.05) is 16.6 Å². The minimum atomic E-state index is -3.98. The van der Waals surface area contributed by atoms with E-state index in [0.29, 0.717) is 11.3 Å². The molecule has 0 aliphatic carbocycles. The van der Waals surface area contributed by atoms with E-state index in [2.05, 4.69) is 5.32 Å². The molecule has 1 amide bonds. The van der Waals surface area contributed by atoms with E-state index in [1.807, 2.05) is 25.1 Å². The predicted octanol–water partition coefficient (Wildman–Crippen LogP) is 2.58. The van der Waals surface area contributed by atoms with Gasteiger partial charge in [-0.15, -0.1) is 0 Å². The Kier molecular flexibility index (Phi) is 4.71. The van der Waals surface area contributed by atoms with Crippen molar-refractivity contribution in [3.05, 3.63) is 53.8 Å². The van der Waals surface area contributed by atoms with Crippen LogP contribution in [-0.2, 0) is 21.2 Å². The van der Waals surface area contributed by atoms with E-state index in [1.54, 1.807) is 12.3 Å². The molecule has 7 nitrogen and oxygen atoms in total. The molecule has 2 aromatic carbocycles. The molecule has 3 N–H and O–H groups in total. The highest BCUT2D eigenvalue weighted by Gasteiger charge is 2.17. The molecule has 1 heterocycles. The summed E-state index contributed by atoms with van der Waals surface area (Å²) < 4.78 is 33.8. The highest BCUT2D eigenvalue weighted by Crippen LogP contribution is 2.27. The van der Waals surface area contributed by atoms with E-state index in [4.69, 9.17) is 14.3 Å². The molecule has 1 aromatic heterocycles. The number of nitrogens with two attached hydrogens (primary N) is 1. The lowest BCUT2D eigenvalue weighted by atomic mass is 10.1. The van der Waals surface area contributed by atoms with E-state index >= 15 is 0 Å². The van der Waals surface area contributed by atoms with Crippen LogP contribution < -0.4 is 15.2 Å². The van der Waals surface area contributed by atoms with Gasteiger partial charge in [-0.25, -0.2) is 13.6 Å². The smallest absolute Gasteiger partial charge is 0.241 e. The van der Waals surface area contributed by atoms with Gasteiger partial charge in [0.1, 0.15) is 16.2 Å². The van der Waals surface area contributed by atoms with Gasteiger partial charge in [-0.3, -0.25) is 4.79 Å². The normalized spacial score (nSPS) is 11.5. The van der Waals surface area contributed by atoms with Crippen molar-refractivity contribution >= 4 is 32.6 Å². The van der Waals surface area contributed by atoms with E-state index in [9.17, 15) is 13.2 Å². The van der Waals surface area contributed by atoms with Crippen LogP contribution in [0.3, 0.4) is 0 Å². The predicted molar refractivity (Wildman–Crippen MR) is 97.7 cm³/mol. The van der Waals surface area contributed by atoms with Crippen molar-refractivity contribution in [3.8, 4) is 5.75 Å². The quantitative estimate of drug-likeness (QED) is 0.713. The maximum Gasteiger partial charge on any atom is 0.241 e. The standard InChI is InChI=1S/C18H18N2O5S/c1-11-3-5-14-12(10-25-16(14)7-11)8-18(21)20-13-4-6-15(24-2)17(9-13)26(19,22)23/h3-7,9-10H,8H2,1-2H3,(H,20,21)(H2,19,22,23). The molecule has 3 aromatic rings. The summed E-state index contributed by atoms with van der Waals surface area (Å²) in [5, 5.41) is 8.71. The summed E-state index contributed by atoms with van der Waals surface area (Å²) in [5.74, 6) is -0.194. The molecule has 26 heavy (non-hydrogen) atoms. The Hall–Kier alpha value is -2.84. The van der Waals surface area contributed by atoms with Crippen molar-refractivity contribution in [2.24, 2.45) is 5.14 Å². The molecule has 0 unspecified atom stereocenters. The number of carbonyl (C=O) groups is 1. The third-order valence-corrected chi connectivity index (χ3v) is 4.85. The second-order valence-corrected chi connectivity index (χ2v) is 7.43. The summed E-state index contributed by atoms with van der Waals surface area (Å²) in [4.78, 5) is 12.1. The Bertz CT molecular complexity index is 1090. The zero-order valence-electron chi connectivity index (χ0n) is 14.3. The molecule has 0 aliphatic heterocycles. The van der Waals surface area contributed by atoms with Gasteiger partial charge in [0.25, 0.3) is 0 Å². The fourth-order valence-electron chi connectivity index (χ4n) is 2.68. The molecule has 0 bridgehead atoms. The van der Waals surface area contributed by atoms with Crippen LogP contribution in [0.2, 0.25) is 0 Å². The lowest BCUT2D eigenvalue weighted by Crippen LogP contribution is -2.17. The van der Waals surface area contributed by atoms with Gasteiger partial charge >= 0.3 is 0 Å². The number of aryl methyl sites for hydroxylation is 1. The van der Waals surface area contributed by atoms with Crippen LogP contribution in [0.25, 0.3) is 11.0 Å². The topological polar surface area (TPSA) is 112 Å². The average molecular weight is 374 g/mol. The minimum absolute atomic E-state index is 0.0901. The molecule has 0 saturated carbocycles. The van der Waals surface area contributed by atoms with E-state index in [-0.39, 0.29) is 23.0 Å². The minimum Gasteiger partial charge on any atom is -0.495 e. The Morgan fingerprint density at radius 2 is 2.00 bits per heavy atom. The van der Waals surface area contributed by atoms with Crippen molar-refractivity contribution in [1.29, 1.82) is 0 Å². The number of hydrogen-bond donors (Lipinski definition) is 2. The molecule has 136 valence electrons. The number of primary sulfonamides is 1. The van der Waals surface area contributed by atoms with Gasteiger partial charge in [0.15, 0.2) is 0 Å². The number of carbonyl (C=O) groups excluding carboxylic acids is 1. The maximum absolute atomic E-state index is 12.3. The van der Waals surface area contributed by atoms with E-state index in [0.717, 1.165) is 16.5 Å². The lowest BCUT2D eigenvalue weighted by Gasteiger charge is -2.10. The van der Waals surface area contributed by atoms with Crippen LogP contribution in [0.5, 0.6) is 5.75 Å². The SMILES string of the molecule is COc1ccc(NC(=O)Cc2coc3cc(C)ccc23)cc1S(N)(=O)=O. The number of nitrogens with one attached hydrogen (secondary N) is 1. The fraction of sp³-hybridized carbons (Fsp3) is 0.167. The van der Waals surface area contributed by atoms with Crippen molar-refractivity contribution in [3.63, 3.8) is 0 Å². The number of anilines is 1. The zero-order chi connectivity index (χ0) is 18.9. The number of fused-ring (bicyclic) bond motifs is 1. The van der Waals surface area contributed by atoms with Crippen LogP contribution in [0, 0.1) is 6.92 Å². The summed E-state index contributed by atoms with van der Waals surface area (Å²) in [6.45, 7) is 1.96. The molecule has 0 aliphatic rings. The monoisotopic (exact) mass is 374 g/mol. The fourth-order valence-corrected chi connectivity index (χ4v) is 3.41. The van der Waals surface area contributed by atoms with Gasteiger partial charge in [0.05, 0.1) is 19.8 Å². The number of hydrogen-bond acceptors (Lipinski definition) is 5. The molecule has 0 spiro atoms. The first-order valence-corrected chi connectivity index (χ1v) is 9.30. The number of ether oxygens (including phenoxy) is 1. The van der Waals surface area contributed by atoms with Crippen LogP contribution in [-0.4, -0.2) is 21.4 Å². The molecule has 0 atom stereocenters. The number of amides is 1. The summed E-state index contributed by atoms with van der Waals surface area (Å²) in [5.41, 5.74) is 2.84. The number of rotatable bonds is 5. The van der Waals surface area contributed by atoms with Gasteiger partial charge in [0.2, 0.25) is 15.9 Å². The lowest BCUT2D eigenvalue weighted by molar-refractivity contribution is -0.115. The highest BCUT2D eigenvalue weighted by molar-refractivity contribution is 7.89. The van der Waals surface area contributed by atoms with Gasteiger partial charge in [-0.2, -0.15) is 0 Å². The van der Waals surface area contributed by atoms with E-state index in [1.165, 1.54) is 19.2 Å². The van der Waals surface area contributed by atoms with Gasteiger partial charge in [-0.05, 0) is 36.8 Å². The Labute approximate surface area is 150 Å². The summed E-state index contributed by atoms with van der Waals surface area (Å²) in [6.07, 6.45) is 1.64. The van der Waals surface area contributed by atoms with Crippen LogP contribution in [0.1, 0.15) is 11.1 Å². The molecule has 0 fully saturated rings. The zero-order valence-corrected chi connectivity index (χ0v) is 15.1. The summed E-state index contributed by atoms with van der Waals surface area (Å²) in [7, 11) is -2.64. The molecular weight excluding hydrogens is 356 g/mol. The number of sulfonamides is 1. The Morgan fingerprint density at radius 3 is 2.69 bits per heavy atom. The van der Waals surface area contributed by atoms with Crippen molar-refractivity contribution < 1.29 is 22.4 Å². The largest absolute Gasteiger partial charge is 0.495 e. The van der Waals surface area contributed by atoms with Crippen LogP contribution in [0.15, 0.2) is 52.0 Å². The molecule has 0 radical (unpaired) electrons. The van der Waals surface area contributed by atoms with Gasteiger partial charge < -0.3 is 14.5 Å². The number of methoxy groups -OCH3 is 1. The first-order valence-electron chi connectivity index (χ1n) is 7.75. The number of benzene rings is 2. The van der Waals surface area contributed by atoms with E-state index < -0.39 is 10.0 Å². The first kappa shape index (κ1) is 18.0. The van der Waals surface area contributed by atoms with Crippen LogP contribution in [0.4, 0.5) is 5.69 Å². The summed E-state index contributed by atoms with van der Waals surface area (Å²) in [6, 6.07) is 10.00. The Morgan fingerprint density at radius 1 is 1.23 bits per heavy atom. The number of furan rings is 1. The molecular formula is C18H18N2O5S.